The Morgan fingerprint density at radius 3 is 0.850 bits per heavy atom. The van der Waals surface area contributed by atoms with Crippen LogP contribution in [0.15, 0.2) is 0 Å². The molecule has 0 aromatic rings. The zero-order valence-electron chi connectivity index (χ0n) is 15.5. The Bertz CT molecular complexity index is 220. The molecule has 0 heterocycles. The Balaban J connectivity index is 6.15. The van der Waals surface area contributed by atoms with Gasteiger partial charge in [0.25, 0.3) is 0 Å². The summed E-state index contributed by atoms with van der Waals surface area (Å²) in [4.78, 5) is 0. The van der Waals surface area contributed by atoms with E-state index in [1.165, 1.54) is 39.3 Å². The molecule has 0 unspecified atom stereocenters. The second kappa shape index (κ2) is 8.92. The number of nitrogens with zero attached hydrogens (tertiary/aromatic N) is 3. The molecule has 0 spiro atoms. The van der Waals surface area contributed by atoms with Gasteiger partial charge in [-0.05, 0) is 0 Å². The van der Waals surface area contributed by atoms with E-state index in [1.54, 1.807) is 0 Å². The molecule has 20 heavy (non-hydrogen) atoms. The van der Waals surface area contributed by atoms with Gasteiger partial charge in [-0.3, -0.25) is 0 Å². The second-order valence-electron chi connectivity index (χ2n) is 6.16. The molecule has 0 aliphatic heterocycles. The maximum atomic E-state index is 2.86. The van der Waals surface area contributed by atoms with Crippen molar-refractivity contribution in [1.29, 1.82) is 0 Å². The molecule has 123 valence electrons. The summed E-state index contributed by atoms with van der Waals surface area (Å²) in [6.07, 6.45) is 0. The van der Waals surface area contributed by atoms with E-state index < -0.39 is 17.9 Å². The molecule has 0 atom stereocenters. The monoisotopic (exact) mass is 454 g/mol. The van der Waals surface area contributed by atoms with Crippen molar-refractivity contribution < 1.29 is 17.9 Å². The minimum absolute atomic E-state index is 0.379. The van der Waals surface area contributed by atoms with Crippen molar-refractivity contribution in [3.63, 3.8) is 0 Å². The molecule has 0 saturated heterocycles. The van der Waals surface area contributed by atoms with Gasteiger partial charge in [-0.1, -0.05) is 0 Å². The summed E-state index contributed by atoms with van der Waals surface area (Å²) in [7, 11) is 0. The van der Waals surface area contributed by atoms with Crippen LogP contribution in [0.2, 0.25) is 3.63 Å². The van der Waals surface area contributed by atoms with E-state index in [4.69, 9.17) is 0 Å². The maximum absolute atomic E-state index is 2.92. The Kier molecular flexibility index (Phi) is 9.19. The topological polar surface area (TPSA) is 9.72 Å². The molecule has 3 nitrogen and oxygen atoms in total. The van der Waals surface area contributed by atoms with Crippen molar-refractivity contribution in [2.24, 2.45) is 0 Å². The first-order chi connectivity index (χ1) is 9.31. The molecular formula is C16H39N3Ta. The van der Waals surface area contributed by atoms with Gasteiger partial charge >= 0.3 is 133 Å². The van der Waals surface area contributed by atoms with Crippen molar-refractivity contribution in [3.8, 4) is 0 Å². The summed E-state index contributed by atoms with van der Waals surface area (Å²) in [6.45, 7) is 28.6. The summed E-state index contributed by atoms with van der Waals surface area (Å²) in [5.74, 6) is 0. The SMILES string of the molecule is CC[N](CC)[Ta]([N](CC)CC)([N](CC)CC)[C](C)(C)C. The van der Waals surface area contributed by atoms with Crippen LogP contribution in [0, 0.1) is 0 Å². The third kappa shape index (κ3) is 3.68. The Hall–Kier alpha value is 0.620. The van der Waals surface area contributed by atoms with Gasteiger partial charge < -0.3 is 0 Å². The van der Waals surface area contributed by atoms with E-state index in [9.17, 15) is 0 Å². The average molecular weight is 454 g/mol. The van der Waals surface area contributed by atoms with E-state index in [1.807, 2.05) is 0 Å². The Morgan fingerprint density at radius 2 is 0.750 bits per heavy atom. The molecule has 0 aliphatic carbocycles. The van der Waals surface area contributed by atoms with Crippen LogP contribution in [0.1, 0.15) is 62.3 Å². The molecule has 0 N–H and O–H groups in total. The molecule has 0 rings (SSSR count). The predicted octanol–water partition coefficient (Wildman–Crippen LogP) is 4.13. The minimum atomic E-state index is -2.92. The summed E-state index contributed by atoms with van der Waals surface area (Å²) in [5.41, 5.74) is 0. The van der Waals surface area contributed by atoms with Gasteiger partial charge in [-0.2, -0.15) is 0 Å². The van der Waals surface area contributed by atoms with Crippen LogP contribution >= 0.6 is 0 Å². The molecule has 0 aliphatic rings. The van der Waals surface area contributed by atoms with E-state index in [2.05, 4.69) is 72.2 Å². The van der Waals surface area contributed by atoms with Crippen LogP contribution in [0.4, 0.5) is 0 Å². The molecule has 0 aromatic carbocycles. The molecule has 0 bridgehead atoms. The first kappa shape index (κ1) is 20.6. The van der Waals surface area contributed by atoms with Crippen LogP contribution in [-0.2, 0) is 17.9 Å². The van der Waals surface area contributed by atoms with E-state index in [-0.39, 0.29) is 0 Å². The van der Waals surface area contributed by atoms with Gasteiger partial charge in [0, 0.05) is 0 Å². The van der Waals surface area contributed by atoms with Gasteiger partial charge in [0.15, 0.2) is 0 Å². The van der Waals surface area contributed by atoms with Gasteiger partial charge in [0.2, 0.25) is 0 Å². The Labute approximate surface area is 133 Å². The third-order valence-electron chi connectivity index (χ3n) is 4.27. The standard InChI is InChI=1S/3C4H10N.C4H9.Ta/c3*1-3-5-4-2;1-4(2)3;/h3*3-4H2,1-2H3;1-3H3;/q3*-1;;+3. The van der Waals surface area contributed by atoms with Crippen LogP contribution in [-0.4, -0.2) is 49.2 Å². The summed E-state index contributed by atoms with van der Waals surface area (Å²) in [6, 6.07) is 0. The first-order valence-electron chi connectivity index (χ1n) is 8.46. The molecular weight excluding hydrogens is 415 g/mol. The summed E-state index contributed by atoms with van der Waals surface area (Å²) >= 11 is -2.92. The second-order valence-corrected chi connectivity index (χ2v) is 21.2. The fourth-order valence-electron chi connectivity index (χ4n) is 3.66. The van der Waals surface area contributed by atoms with Gasteiger partial charge in [-0.25, -0.2) is 0 Å². The van der Waals surface area contributed by atoms with E-state index in [0.717, 1.165) is 0 Å². The third-order valence-corrected chi connectivity index (χ3v) is 25.3. The number of hydrogen-bond acceptors (Lipinski definition) is 3. The van der Waals surface area contributed by atoms with Crippen molar-refractivity contribution in [2.45, 2.75) is 65.9 Å². The van der Waals surface area contributed by atoms with Crippen LogP contribution in [0.3, 0.4) is 0 Å². The zero-order chi connectivity index (χ0) is 16.0. The fraction of sp³-hybridized carbons (Fsp3) is 1.00. The van der Waals surface area contributed by atoms with Crippen LogP contribution in [0.25, 0.3) is 0 Å². The van der Waals surface area contributed by atoms with Crippen molar-refractivity contribution >= 4 is 0 Å². The summed E-state index contributed by atoms with van der Waals surface area (Å²) < 4.78 is 8.96. The van der Waals surface area contributed by atoms with E-state index >= 15 is 0 Å². The van der Waals surface area contributed by atoms with Gasteiger partial charge in [0.1, 0.15) is 0 Å². The van der Waals surface area contributed by atoms with Crippen LogP contribution in [0.5, 0.6) is 0 Å². The van der Waals surface area contributed by atoms with Gasteiger partial charge in [0.05, 0.1) is 0 Å². The van der Waals surface area contributed by atoms with Crippen molar-refractivity contribution in [1.82, 2.24) is 9.91 Å². The Morgan fingerprint density at radius 1 is 0.550 bits per heavy atom. The zero-order valence-corrected chi connectivity index (χ0v) is 18.7. The number of rotatable bonds is 9. The summed E-state index contributed by atoms with van der Waals surface area (Å²) in [5, 5.41) is 0. The van der Waals surface area contributed by atoms with Crippen LogP contribution < -0.4 is 0 Å². The van der Waals surface area contributed by atoms with E-state index in [0.29, 0.717) is 3.63 Å². The molecule has 0 amide bonds. The number of hydrogen-bond donors (Lipinski definition) is 0. The van der Waals surface area contributed by atoms with Crippen molar-refractivity contribution in [3.05, 3.63) is 0 Å². The predicted molar refractivity (Wildman–Crippen MR) is 88.5 cm³/mol. The average Bonchev–Trinajstić information content (AvgIpc) is 2.40. The first-order valence-corrected chi connectivity index (χ1v) is 14.4. The normalized spacial score (nSPS) is 13.8. The molecule has 4 heteroatoms. The molecule has 0 aromatic heterocycles. The molecule has 0 radical (unpaired) electrons. The quantitative estimate of drug-likeness (QED) is 0.519. The molecule has 0 saturated carbocycles. The fourth-order valence-corrected chi connectivity index (χ4v) is 25.2. The molecule has 0 fully saturated rings. The van der Waals surface area contributed by atoms with Crippen molar-refractivity contribution in [2.75, 3.05) is 39.3 Å². The van der Waals surface area contributed by atoms with Gasteiger partial charge in [-0.15, -0.1) is 0 Å².